The quantitative estimate of drug-likeness (QED) is 0.767. The van der Waals surface area contributed by atoms with Gasteiger partial charge in [-0.1, -0.05) is 31.0 Å². The Morgan fingerprint density at radius 3 is 2.69 bits per heavy atom. The van der Waals surface area contributed by atoms with E-state index in [1.165, 1.54) is 12.8 Å². The summed E-state index contributed by atoms with van der Waals surface area (Å²) in [4.78, 5) is 11.4. The maximum atomic E-state index is 11.4. The Hall–Kier alpha value is -1.51. The molecule has 1 aliphatic rings. The lowest BCUT2D eigenvalue weighted by atomic mass is 10.3. The van der Waals surface area contributed by atoms with Crippen molar-refractivity contribution >= 4 is 11.6 Å². The number of carbonyl (C=O) groups excluding carboxylic acids is 1. The maximum Gasteiger partial charge on any atom is 0.239 e. The first kappa shape index (κ1) is 11.0. The summed E-state index contributed by atoms with van der Waals surface area (Å²) in [7, 11) is 0. The molecule has 1 saturated carbocycles. The van der Waals surface area contributed by atoms with E-state index in [4.69, 9.17) is 0 Å². The van der Waals surface area contributed by atoms with Crippen LogP contribution in [0.15, 0.2) is 30.3 Å². The zero-order valence-electron chi connectivity index (χ0n) is 9.41. The molecule has 0 bridgehead atoms. The van der Waals surface area contributed by atoms with E-state index in [0.717, 1.165) is 24.6 Å². The number of rotatable bonds is 6. The Morgan fingerprint density at radius 1 is 1.25 bits per heavy atom. The molecule has 0 aromatic heterocycles. The second-order valence-electron chi connectivity index (χ2n) is 4.30. The zero-order chi connectivity index (χ0) is 11.2. The van der Waals surface area contributed by atoms with Crippen LogP contribution in [-0.2, 0) is 4.79 Å². The third kappa shape index (κ3) is 3.93. The molecule has 0 radical (unpaired) electrons. The van der Waals surface area contributed by atoms with Gasteiger partial charge < -0.3 is 10.6 Å². The van der Waals surface area contributed by atoms with Gasteiger partial charge in [-0.25, -0.2) is 0 Å². The molecule has 1 aromatic carbocycles. The Labute approximate surface area is 96.2 Å². The number of amides is 1. The molecule has 3 heteroatoms. The first-order valence-electron chi connectivity index (χ1n) is 5.90. The summed E-state index contributed by atoms with van der Waals surface area (Å²) < 4.78 is 0. The third-order valence-corrected chi connectivity index (χ3v) is 2.80. The summed E-state index contributed by atoms with van der Waals surface area (Å²) in [5.41, 5.74) is 0.986. The van der Waals surface area contributed by atoms with Crippen LogP contribution in [0.4, 0.5) is 5.69 Å². The standard InChI is InChI=1S/C13H18N2O/c16-13(14-9-8-11-6-7-11)10-15-12-4-2-1-3-5-12/h1-5,11,15H,6-10H2,(H,14,16). The predicted octanol–water partition coefficient (Wildman–Crippen LogP) is 2.01. The fourth-order valence-electron chi connectivity index (χ4n) is 1.62. The summed E-state index contributed by atoms with van der Waals surface area (Å²) in [6.45, 7) is 1.18. The van der Waals surface area contributed by atoms with Crippen LogP contribution in [0.25, 0.3) is 0 Å². The van der Waals surface area contributed by atoms with Crippen molar-refractivity contribution in [3.63, 3.8) is 0 Å². The first-order valence-corrected chi connectivity index (χ1v) is 5.90. The van der Waals surface area contributed by atoms with Gasteiger partial charge in [0.1, 0.15) is 0 Å². The molecule has 16 heavy (non-hydrogen) atoms. The molecule has 2 rings (SSSR count). The monoisotopic (exact) mass is 218 g/mol. The maximum absolute atomic E-state index is 11.4. The molecule has 86 valence electrons. The van der Waals surface area contributed by atoms with E-state index in [-0.39, 0.29) is 5.91 Å². The van der Waals surface area contributed by atoms with E-state index in [1.54, 1.807) is 0 Å². The lowest BCUT2D eigenvalue weighted by molar-refractivity contribution is -0.119. The minimum absolute atomic E-state index is 0.0736. The van der Waals surface area contributed by atoms with Crippen molar-refractivity contribution in [3.8, 4) is 0 Å². The van der Waals surface area contributed by atoms with E-state index in [2.05, 4.69) is 10.6 Å². The van der Waals surface area contributed by atoms with Crippen molar-refractivity contribution in [3.05, 3.63) is 30.3 Å². The summed E-state index contributed by atoms with van der Waals surface area (Å²) in [6.07, 6.45) is 3.83. The van der Waals surface area contributed by atoms with E-state index < -0.39 is 0 Å². The number of anilines is 1. The number of benzene rings is 1. The molecule has 2 N–H and O–H groups in total. The highest BCUT2D eigenvalue weighted by atomic mass is 16.1. The van der Waals surface area contributed by atoms with Gasteiger partial charge in [-0.3, -0.25) is 4.79 Å². The van der Waals surface area contributed by atoms with E-state index in [1.807, 2.05) is 30.3 Å². The normalized spacial score (nSPS) is 14.5. The smallest absolute Gasteiger partial charge is 0.239 e. The Bertz CT molecular complexity index is 333. The Morgan fingerprint density at radius 2 is 2.00 bits per heavy atom. The van der Waals surface area contributed by atoms with Crippen molar-refractivity contribution in [2.75, 3.05) is 18.4 Å². The highest BCUT2D eigenvalue weighted by Gasteiger charge is 2.20. The average Bonchev–Trinajstić information content (AvgIpc) is 3.12. The highest BCUT2D eigenvalue weighted by Crippen LogP contribution is 2.31. The topological polar surface area (TPSA) is 41.1 Å². The average molecular weight is 218 g/mol. The fraction of sp³-hybridized carbons (Fsp3) is 0.462. The second-order valence-corrected chi connectivity index (χ2v) is 4.30. The van der Waals surface area contributed by atoms with E-state index in [9.17, 15) is 4.79 Å². The molecule has 0 atom stereocenters. The number of hydrogen-bond donors (Lipinski definition) is 2. The largest absolute Gasteiger partial charge is 0.376 e. The molecular weight excluding hydrogens is 200 g/mol. The molecule has 0 unspecified atom stereocenters. The minimum Gasteiger partial charge on any atom is -0.376 e. The van der Waals surface area contributed by atoms with Crippen molar-refractivity contribution in [1.29, 1.82) is 0 Å². The van der Waals surface area contributed by atoms with Crippen molar-refractivity contribution < 1.29 is 4.79 Å². The summed E-state index contributed by atoms with van der Waals surface area (Å²) in [6, 6.07) is 9.77. The minimum atomic E-state index is 0.0736. The van der Waals surface area contributed by atoms with Gasteiger partial charge in [-0.15, -0.1) is 0 Å². The van der Waals surface area contributed by atoms with Crippen LogP contribution in [0, 0.1) is 5.92 Å². The van der Waals surface area contributed by atoms with Gasteiger partial charge in [0, 0.05) is 12.2 Å². The summed E-state index contributed by atoms with van der Waals surface area (Å²) in [5.74, 6) is 0.951. The number of carbonyl (C=O) groups is 1. The predicted molar refractivity (Wildman–Crippen MR) is 65.3 cm³/mol. The second kappa shape index (κ2) is 5.54. The SMILES string of the molecule is O=C(CNc1ccccc1)NCCC1CC1. The third-order valence-electron chi connectivity index (χ3n) is 2.80. The van der Waals surface area contributed by atoms with Crippen LogP contribution in [-0.4, -0.2) is 19.0 Å². The molecule has 1 aliphatic carbocycles. The Balaban J connectivity index is 1.59. The van der Waals surface area contributed by atoms with Gasteiger partial charge in [0.25, 0.3) is 0 Å². The van der Waals surface area contributed by atoms with Crippen LogP contribution >= 0.6 is 0 Å². The van der Waals surface area contributed by atoms with Crippen LogP contribution < -0.4 is 10.6 Å². The van der Waals surface area contributed by atoms with Gasteiger partial charge in [-0.2, -0.15) is 0 Å². The molecule has 0 saturated heterocycles. The van der Waals surface area contributed by atoms with Crippen molar-refractivity contribution in [1.82, 2.24) is 5.32 Å². The lowest BCUT2D eigenvalue weighted by Gasteiger charge is -2.07. The van der Waals surface area contributed by atoms with Gasteiger partial charge in [0.15, 0.2) is 0 Å². The first-order chi connectivity index (χ1) is 7.84. The zero-order valence-corrected chi connectivity index (χ0v) is 9.41. The van der Waals surface area contributed by atoms with Gasteiger partial charge >= 0.3 is 0 Å². The lowest BCUT2D eigenvalue weighted by Crippen LogP contribution is -2.30. The van der Waals surface area contributed by atoms with Gasteiger partial charge in [0.2, 0.25) is 5.91 Å². The van der Waals surface area contributed by atoms with E-state index >= 15 is 0 Å². The molecule has 1 aromatic rings. The molecule has 0 spiro atoms. The van der Waals surface area contributed by atoms with Crippen molar-refractivity contribution in [2.24, 2.45) is 5.92 Å². The molecule has 1 amide bonds. The molecule has 1 fully saturated rings. The van der Waals surface area contributed by atoms with Crippen LogP contribution in [0.2, 0.25) is 0 Å². The van der Waals surface area contributed by atoms with Gasteiger partial charge in [-0.05, 0) is 24.5 Å². The number of para-hydroxylation sites is 1. The molecule has 0 heterocycles. The summed E-state index contributed by atoms with van der Waals surface area (Å²) in [5, 5.41) is 6.01. The summed E-state index contributed by atoms with van der Waals surface area (Å²) >= 11 is 0. The number of nitrogens with one attached hydrogen (secondary N) is 2. The van der Waals surface area contributed by atoms with E-state index in [0.29, 0.717) is 6.54 Å². The fourth-order valence-corrected chi connectivity index (χ4v) is 1.62. The molecular formula is C13H18N2O. The molecule has 3 nitrogen and oxygen atoms in total. The van der Waals surface area contributed by atoms with Crippen molar-refractivity contribution in [2.45, 2.75) is 19.3 Å². The van der Waals surface area contributed by atoms with Gasteiger partial charge in [0.05, 0.1) is 6.54 Å². The van der Waals surface area contributed by atoms with Crippen LogP contribution in [0.5, 0.6) is 0 Å². The van der Waals surface area contributed by atoms with Crippen LogP contribution in [0.3, 0.4) is 0 Å². The number of hydrogen-bond acceptors (Lipinski definition) is 2. The molecule has 0 aliphatic heterocycles. The van der Waals surface area contributed by atoms with Crippen LogP contribution in [0.1, 0.15) is 19.3 Å². The highest BCUT2D eigenvalue weighted by molar-refractivity contribution is 5.80. The Kier molecular flexibility index (Phi) is 3.81.